The molecule has 0 radical (unpaired) electrons. The molecule has 0 atom stereocenters. The molecule has 1 aromatic rings. The minimum Gasteiger partial charge on any atom is -0.490 e. The Labute approximate surface area is 114 Å². The van der Waals surface area contributed by atoms with Gasteiger partial charge in [-0.05, 0) is 5.56 Å². The number of carbonyl (C=O) groups excluding carboxylic acids is 2. The van der Waals surface area contributed by atoms with Crippen LogP contribution in [-0.4, -0.2) is 38.2 Å². The van der Waals surface area contributed by atoms with E-state index >= 15 is 0 Å². The Morgan fingerprint density at radius 1 is 1.20 bits per heavy atom. The second-order valence-corrected chi connectivity index (χ2v) is 3.68. The highest BCUT2D eigenvalue weighted by Gasteiger charge is 2.24. The average Bonchev–Trinajstić information content (AvgIpc) is 2.45. The largest absolute Gasteiger partial charge is 0.490 e. The molecule has 8 heteroatoms. The van der Waals surface area contributed by atoms with E-state index in [1.165, 1.54) is 20.3 Å². The van der Waals surface area contributed by atoms with Gasteiger partial charge in [0.25, 0.3) is 0 Å². The van der Waals surface area contributed by atoms with Crippen molar-refractivity contribution < 1.29 is 28.7 Å². The highest BCUT2D eigenvalue weighted by Crippen LogP contribution is 2.31. The summed E-state index contributed by atoms with van der Waals surface area (Å²) in [6.07, 6.45) is -0.286. The molecular weight excluding hydrogens is 270 g/mol. The summed E-state index contributed by atoms with van der Waals surface area (Å²) in [5.41, 5.74) is -0.199. The van der Waals surface area contributed by atoms with E-state index in [0.29, 0.717) is 0 Å². The number of esters is 2. The van der Waals surface area contributed by atoms with Crippen LogP contribution in [0.5, 0.6) is 5.75 Å². The molecule has 0 heterocycles. The van der Waals surface area contributed by atoms with Crippen LogP contribution in [0.1, 0.15) is 15.9 Å². The standard InChI is InChI=1S/C12H13NO7/c1-18-10-6-8(12(15)20-3)7(5-11(14)19-2)4-9(10)13(16)17/h4,6H,5H2,1-3H3. The van der Waals surface area contributed by atoms with Gasteiger partial charge in [0.05, 0.1) is 38.2 Å². The van der Waals surface area contributed by atoms with Crippen LogP contribution >= 0.6 is 0 Å². The molecular formula is C12H13NO7. The van der Waals surface area contributed by atoms with Gasteiger partial charge in [-0.15, -0.1) is 0 Å². The molecule has 0 bridgehead atoms. The van der Waals surface area contributed by atoms with E-state index in [2.05, 4.69) is 9.47 Å². The van der Waals surface area contributed by atoms with Crippen molar-refractivity contribution in [1.82, 2.24) is 0 Å². The van der Waals surface area contributed by atoms with Crippen molar-refractivity contribution in [3.8, 4) is 5.75 Å². The van der Waals surface area contributed by atoms with Gasteiger partial charge in [-0.25, -0.2) is 4.79 Å². The Bertz CT molecular complexity index is 553. The number of hydrogen-bond donors (Lipinski definition) is 0. The number of nitrogens with zero attached hydrogens (tertiary/aromatic N) is 1. The molecule has 0 aliphatic carbocycles. The zero-order valence-electron chi connectivity index (χ0n) is 11.2. The summed E-state index contributed by atoms with van der Waals surface area (Å²) in [6, 6.07) is 2.27. The lowest BCUT2D eigenvalue weighted by atomic mass is 10.0. The summed E-state index contributed by atoms with van der Waals surface area (Å²) in [7, 11) is 3.58. The van der Waals surface area contributed by atoms with Crippen LogP contribution in [0.4, 0.5) is 5.69 Å². The maximum Gasteiger partial charge on any atom is 0.338 e. The lowest BCUT2D eigenvalue weighted by Crippen LogP contribution is -2.12. The summed E-state index contributed by atoms with van der Waals surface area (Å²) in [5.74, 6) is -1.45. The zero-order chi connectivity index (χ0) is 15.3. The van der Waals surface area contributed by atoms with Crippen molar-refractivity contribution >= 4 is 17.6 Å². The summed E-state index contributed by atoms with van der Waals surface area (Å²) in [4.78, 5) is 33.2. The van der Waals surface area contributed by atoms with E-state index < -0.39 is 16.9 Å². The van der Waals surface area contributed by atoms with Crippen LogP contribution < -0.4 is 4.74 Å². The van der Waals surface area contributed by atoms with E-state index in [0.717, 1.165) is 13.2 Å². The molecule has 0 fully saturated rings. The number of carbonyl (C=O) groups is 2. The third-order valence-electron chi connectivity index (χ3n) is 2.57. The second kappa shape index (κ2) is 6.50. The predicted octanol–water partition coefficient (Wildman–Crippen LogP) is 1.11. The van der Waals surface area contributed by atoms with Crippen LogP contribution in [0.2, 0.25) is 0 Å². The third kappa shape index (κ3) is 3.22. The molecule has 1 aromatic carbocycles. The van der Waals surface area contributed by atoms with E-state index in [4.69, 9.17) is 4.74 Å². The number of benzene rings is 1. The number of hydrogen-bond acceptors (Lipinski definition) is 7. The normalized spacial score (nSPS) is 9.75. The molecule has 0 aliphatic rings. The monoisotopic (exact) mass is 283 g/mol. The molecule has 0 saturated heterocycles. The highest BCUT2D eigenvalue weighted by molar-refractivity contribution is 5.93. The number of methoxy groups -OCH3 is 3. The Kier molecular flexibility index (Phi) is 5.01. The topological polar surface area (TPSA) is 105 Å². The minimum absolute atomic E-state index is 0.0142. The summed E-state index contributed by atoms with van der Waals surface area (Å²) in [5, 5.41) is 10.9. The first-order valence-electron chi connectivity index (χ1n) is 5.45. The molecule has 1 rings (SSSR count). The van der Waals surface area contributed by atoms with Crippen LogP contribution in [0.15, 0.2) is 12.1 Å². The lowest BCUT2D eigenvalue weighted by molar-refractivity contribution is -0.385. The van der Waals surface area contributed by atoms with Gasteiger partial charge in [-0.3, -0.25) is 14.9 Å². The molecule has 0 unspecified atom stereocenters. The van der Waals surface area contributed by atoms with Crippen molar-refractivity contribution in [2.24, 2.45) is 0 Å². The Morgan fingerprint density at radius 3 is 2.30 bits per heavy atom. The van der Waals surface area contributed by atoms with Crippen molar-refractivity contribution in [3.05, 3.63) is 33.4 Å². The molecule has 0 saturated carbocycles. The van der Waals surface area contributed by atoms with Gasteiger partial charge in [-0.1, -0.05) is 0 Å². The average molecular weight is 283 g/mol. The fraction of sp³-hybridized carbons (Fsp3) is 0.333. The smallest absolute Gasteiger partial charge is 0.338 e. The molecule has 0 amide bonds. The SMILES string of the molecule is COC(=O)Cc1cc([N+](=O)[O-])c(OC)cc1C(=O)OC. The molecule has 8 nitrogen and oxygen atoms in total. The molecule has 0 N–H and O–H groups in total. The first-order valence-corrected chi connectivity index (χ1v) is 5.45. The highest BCUT2D eigenvalue weighted by atomic mass is 16.6. The van der Waals surface area contributed by atoms with Gasteiger partial charge < -0.3 is 14.2 Å². The van der Waals surface area contributed by atoms with Crippen LogP contribution in [0, 0.1) is 10.1 Å². The third-order valence-corrected chi connectivity index (χ3v) is 2.57. The Morgan fingerprint density at radius 2 is 1.85 bits per heavy atom. The number of nitro benzene ring substituents is 1. The Balaban J connectivity index is 3.43. The van der Waals surface area contributed by atoms with Crippen LogP contribution in [0.3, 0.4) is 0 Å². The lowest BCUT2D eigenvalue weighted by Gasteiger charge is -2.10. The van der Waals surface area contributed by atoms with Gasteiger partial charge in [0.2, 0.25) is 0 Å². The second-order valence-electron chi connectivity index (χ2n) is 3.68. The van der Waals surface area contributed by atoms with Crippen molar-refractivity contribution in [2.45, 2.75) is 6.42 Å². The van der Waals surface area contributed by atoms with Gasteiger partial charge in [0.1, 0.15) is 0 Å². The van der Waals surface area contributed by atoms with E-state index in [9.17, 15) is 19.7 Å². The van der Waals surface area contributed by atoms with Gasteiger partial charge in [0, 0.05) is 12.1 Å². The fourth-order valence-corrected chi connectivity index (χ4v) is 1.59. The van der Waals surface area contributed by atoms with Crippen molar-refractivity contribution in [1.29, 1.82) is 0 Å². The number of rotatable bonds is 5. The van der Waals surface area contributed by atoms with Crippen LogP contribution in [-0.2, 0) is 20.7 Å². The summed E-state index contributed by atoms with van der Waals surface area (Å²) >= 11 is 0. The van der Waals surface area contributed by atoms with Gasteiger partial charge >= 0.3 is 17.6 Å². The Hall–Kier alpha value is -2.64. The van der Waals surface area contributed by atoms with Crippen molar-refractivity contribution in [2.75, 3.05) is 21.3 Å². The summed E-state index contributed by atoms with van der Waals surface area (Å²) in [6.45, 7) is 0. The molecule has 20 heavy (non-hydrogen) atoms. The number of ether oxygens (including phenoxy) is 3. The first kappa shape index (κ1) is 15.4. The molecule has 0 spiro atoms. The molecule has 0 aromatic heterocycles. The maximum atomic E-state index is 11.7. The van der Waals surface area contributed by atoms with Gasteiger partial charge in [-0.2, -0.15) is 0 Å². The van der Waals surface area contributed by atoms with Crippen molar-refractivity contribution in [3.63, 3.8) is 0 Å². The van der Waals surface area contributed by atoms with Crippen LogP contribution in [0.25, 0.3) is 0 Å². The van der Waals surface area contributed by atoms with E-state index in [-0.39, 0.29) is 29.0 Å². The van der Waals surface area contributed by atoms with E-state index in [1.54, 1.807) is 0 Å². The number of nitro groups is 1. The predicted molar refractivity (Wildman–Crippen MR) is 66.7 cm³/mol. The molecule has 108 valence electrons. The zero-order valence-corrected chi connectivity index (χ0v) is 11.2. The maximum absolute atomic E-state index is 11.7. The quantitative estimate of drug-likeness (QED) is 0.452. The fourth-order valence-electron chi connectivity index (χ4n) is 1.59. The molecule has 0 aliphatic heterocycles. The first-order chi connectivity index (χ1) is 9.44. The minimum atomic E-state index is -0.725. The summed E-state index contributed by atoms with van der Waals surface area (Å²) < 4.78 is 13.9. The van der Waals surface area contributed by atoms with Gasteiger partial charge in [0.15, 0.2) is 5.75 Å². The van der Waals surface area contributed by atoms with E-state index in [1.807, 2.05) is 0 Å².